The molecule has 2 heteroatoms. The molecule has 0 saturated heterocycles. The molecule has 0 fully saturated rings. The van der Waals surface area contributed by atoms with E-state index in [1.54, 1.807) is 12.1 Å². The monoisotopic (exact) mass is 220 g/mol. The Kier molecular flexibility index (Phi) is 2.74. The molecule has 0 saturated carbocycles. The minimum atomic E-state index is -0.281. The highest BCUT2D eigenvalue weighted by Crippen LogP contribution is 2.32. The smallest absolute Gasteiger partial charge is 0.132 e. The zero-order chi connectivity index (χ0) is 10.8. The minimum Gasteiger partial charge on any atom is -0.206 e. The summed E-state index contributed by atoms with van der Waals surface area (Å²) in [6.45, 7) is 1.94. The van der Waals surface area contributed by atoms with Crippen LogP contribution >= 0.6 is 11.6 Å². The number of hydrogen-bond acceptors (Lipinski definition) is 0. The average Bonchev–Trinajstić information content (AvgIpc) is 2.20. The molecule has 0 aliphatic heterocycles. The van der Waals surface area contributed by atoms with E-state index >= 15 is 0 Å². The van der Waals surface area contributed by atoms with E-state index in [0.717, 1.165) is 11.1 Å². The first-order chi connectivity index (χ1) is 7.20. The molecule has 2 aromatic rings. The first kappa shape index (κ1) is 10.2. The van der Waals surface area contributed by atoms with Crippen molar-refractivity contribution in [1.82, 2.24) is 0 Å². The molecule has 0 aromatic heterocycles. The van der Waals surface area contributed by atoms with Gasteiger partial charge in [-0.2, -0.15) is 0 Å². The molecule has 76 valence electrons. The van der Waals surface area contributed by atoms with Gasteiger partial charge in [0, 0.05) is 5.56 Å². The fourth-order valence-corrected chi connectivity index (χ4v) is 1.87. The summed E-state index contributed by atoms with van der Waals surface area (Å²) in [6.07, 6.45) is 0. The Morgan fingerprint density at radius 1 is 1.00 bits per heavy atom. The van der Waals surface area contributed by atoms with Gasteiger partial charge in [0.2, 0.25) is 0 Å². The van der Waals surface area contributed by atoms with Crippen LogP contribution in [-0.4, -0.2) is 0 Å². The summed E-state index contributed by atoms with van der Waals surface area (Å²) in [5.74, 6) is -0.281. The molecule has 0 N–H and O–H groups in total. The Hall–Kier alpha value is -1.34. The Morgan fingerprint density at radius 3 is 2.40 bits per heavy atom. The predicted octanol–water partition coefficient (Wildman–Crippen LogP) is 4.45. The summed E-state index contributed by atoms with van der Waals surface area (Å²) >= 11 is 6.00. The van der Waals surface area contributed by atoms with Crippen molar-refractivity contribution >= 4 is 11.6 Å². The molecule has 2 aromatic carbocycles. The molecule has 15 heavy (non-hydrogen) atoms. The molecule has 2 rings (SSSR count). The molecule has 0 atom stereocenters. The number of benzene rings is 2. The second kappa shape index (κ2) is 4.03. The van der Waals surface area contributed by atoms with Gasteiger partial charge in [0.1, 0.15) is 5.82 Å². The van der Waals surface area contributed by atoms with E-state index in [1.807, 2.05) is 31.2 Å². The van der Waals surface area contributed by atoms with Crippen LogP contribution in [0.15, 0.2) is 42.5 Å². The van der Waals surface area contributed by atoms with E-state index in [2.05, 4.69) is 0 Å². The molecule has 0 aliphatic carbocycles. The number of aryl methyl sites for hydroxylation is 1. The van der Waals surface area contributed by atoms with E-state index in [9.17, 15) is 4.39 Å². The van der Waals surface area contributed by atoms with Crippen LogP contribution in [0, 0.1) is 12.7 Å². The van der Waals surface area contributed by atoms with Crippen LogP contribution in [0.3, 0.4) is 0 Å². The summed E-state index contributed by atoms with van der Waals surface area (Å²) in [7, 11) is 0. The second-order valence-electron chi connectivity index (χ2n) is 3.41. The maximum Gasteiger partial charge on any atom is 0.132 e. The molecule has 0 unspecified atom stereocenters. The highest BCUT2D eigenvalue weighted by atomic mass is 35.5. The second-order valence-corrected chi connectivity index (χ2v) is 3.82. The van der Waals surface area contributed by atoms with Crippen molar-refractivity contribution in [2.24, 2.45) is 0 Å². The van der Waals surface area contributed by atoms with Crippen molar-refractivity contribution < 1.29 is 4.39 Å². The Bertz CT molecular complexity index is 471. The van der Waals surface area contributed by atoms with Crippen molar-refractivity contribution in [3.63, 3.8) is 0 Å². The molecule has 0 spiro atoms. The normalized spacial score (nSPS) is 10.3. The number of halogens is 2. The SMILES string of the molecule is Cc1ccccc1-c1c(F)cccc1Cl. The molecule has 0 nitrogen and oxygen atoms in total. The standard InChI is InChI=1S/C13H10ClF/c1-9-5-2-3-6-10(9)13-11(14)7-4-8-12(13)15/h2-8H,1H3. The van der Waals surface area contributed by atoms with Crippen molar-refractivity contribution in [2.45, 2.75) is 6.92 Å². The summed E-state index contributed by atoms with van der Waals surface area (Å²) in [6, 6.07) is 12.4. The lowest BCUT2D eigenvalue weighted by molar-refractivity contribution is 0.631. The summed E-state index contributed by atoms with van der Waals surface area (Å²) < 4.78 is 13.6. The minimum absolute atomic E-state index is 0.281. The molecule has 0 radical (unpaired) electrons. The molecule has 0 heterocycles. The van der Waals surface area contributed by atoms with Crippen LogP contribution in [0.1, 0.15) is 5.56 Å². The summed E-state index contributed by atoms with van der Waals surface area (Å²) in [4.78, 5) is 0. The van der Waals surface area contributed by atoms with Crippen LogP contribution in [0.25, 0.3) is 11.1 Å². The molecule has 0 amide bonds. The zero-order valence-corrected chi connectivity index (χ0v) is 9.05. The van der Waals surface area contributed by atoms with Crippen LogP contribution in [0.5, 0.6) is 0 Å². The van der Waals surface area contributed by atoms with Gasteiger partial charge in [0.15, 0.2) is 0 Å². The van der Waals surface area contributed by atoms with E-state index < -0.39 is 0 Å². The first-order valence-electron chi connectivity index (χ1n) is 4.70. The average molecular weight is 221 g/mol. The van der Waals surface area contributed by atoms with Crippen LogP contribution in [-0.2, 0) is 0 Å². The predicted molar refractivity (Wildman–Crippen MR) is 61.6 cm³/mol. The van der Waals surface area contributed by atoms with Gasteiger partial charge in [0.05, 0.1) is 5.02 Å². The highest BCUT2D eigenvalue weighted by Gasteiger charge is 2.10. The first-order valence-corrected chi connectivity index (χ1v) is 5.08. The van der Waals surface area contributed by atoms with Crippen LogP contribution in [0.2, 0.25) is 5.02 Å². The molecule has 0 bridgehead atoms. The van der Waals surface area contributed by atoms with Crippen molar-refractivity contribution in [3.8, 4) is 11.1 Å². The molecule has 0 aliphatic rings. The van der Waals surface area contributed by atoms with Crippen molar-refractivity contribution in [3.05, 3.63) is 58.9 Å². The fourth-order valence-electron chi connectivity index (χ4n) is 1.61. The molecular formula is C13H10ClF. The van der Waals surface area contributed by atoms with Crippen LogP contribution < -0.4 is 0 Å². The maximum atomic E-state index is 13.6. The van der Waals surface area contributed by atoms with Gasteiger partial charge in [-0.05, 0) is 30.2 Å². The lowest BCUT2D eigenvalue weighted by Gasteiger charge is -2.08. The Morgan fingerprint density at radius 2 is 1.73 bits per heavy atom. The van der Waals surface area contributed by atoms with Gasteiger partial charge in [-0.1, -0.05) is 41.9 Å². The zero-order valence-electron chi connectivity index (χ0n) is 8.30. The van der Waals surface area contributed by atoms with Gasteiger partial charge in [-0.15, -0.1) is 0 Å². The van der Waals surface area contributed by atoms with E-state index in [0.29, 0.717) is 10.6 Å². The lowest BCUT2D eigenvalue weighted by Crippen LogP contribution is -1.88. The lowest BCUT2D eigenvalue weighted by atomic mass is 10.0. The van der Waals surface area contributed by atoms with Gasteiger partial charge in [-0.25, -0.2) is 4.39 Å². The van der Waals surface area contributed by atoms with Gasteiger partial charge in [0.25, 0.3) is 0 Å². The largest absolute Gasteiger partial charge is 0.206 e. The number of hydrogen-bond donors (Lipinski definition) is 0. The van der Waals surface area contributed by atoms with Crippen LogP contribution in [0.4, 0.5) is 4.39 Å². The third kappa shape index (κ3) is 1.88. The van der Waals surface area contributed by atoms with Crippen molar-refractivity contribution in [1.29, 1.82) is 0 Å². The Labute approximate surface area is 93.3 Å². The van der Waals surface area contributed by atoms with Gasteiger partial charge >= 0.3 is 0 Å². The maximum absolute atomic E-state index is 13.6. The van der Waals surface area contributed by atoms with Gasteiger partial charge < -0.3 is 0 Å². The summed E-state index contributed by atoms with van der Waals surface area (Å²) in [5.41, 5.74) is 2.35. The highest BCUT2D eigenvalue weighted by molar-refractivity contribution is 6.33. The third-order valence-electron chi connectivity index (χ3n) is 2.38. The van der Waals surface area contributed by atoms with Gasteiger partial charge in [-0.3, -0.25) is 0 Å². The quantitative estimate of drug-likeness (QED) is 0.666. The topological polar surface area (TPSA) is 0 Å². The molecular weight excluding hydrogens is 211 g/mol. The fraction of sp³-hybridized carbons (Fsp3) is 0.0769. The number of rotatable bonds is 1. The van der Waals surface area contributed by atoms with Crippen molar-refractivity contribution in [2.75, 3.05) is 0 Å². The van der Waals surface area contributed by atoms with E-state index in [-0.39, 0.29) is 5.82 Å². The third-order valence-corrected chi connectivity index (χ3v) is 2.69. The Balaban J connectivity index is 2.69. The summed E-state index contributed by atoms with van der Waals surface area (Å²) in [5, 5.41) is 0.448. The van der Waals surface area contributed by atoms with E-state index in [4.69, 9.17) is 11.6 Å². The van der Waals surface area contributed by atoms with E-state index in [1.165, 1.54) is 6.07 Å².